The molecule has 0 radical (unpaired) electrons. The van der Waals surface area contributed by atoms with Crippen LogP contribution in [0.1, 0.15) is 35.4 Å². The van der Waals surface area contributed by atoms with Crippen LogP contribution in [0.25, 0.3) is 16.8 Å². The van der Waals surface area contributed by atoms with E-state index in [0.717, 1.165) is 28.8 Å². The number of fused-ring (bicyclic) bond motifs is 1. The lowest BCUT2D eigenvalue weighted by molar-refractivity contribution is 0.0942. The van der Waals surface area contributed by atoms with Crippen molar-refractivity contribution in [2.24, 2.45) is 0 Å². The topological polar surface area (TPSA) is 85.3 Å². The molecule has 0 bridgehead atoms. The maximum atomic E-state index is 12.3. The van der Waals surface area contributed by atoms with Crippen LogP contribution < -0.4 is 11.1 Å². The Hall–Kier alpha value is -2.41. The zero-order chi connectivity index (χ0) is 15.8. The van der Waals surface area contributed by atoms with E-state index in [4.69, 9.17) is 5.73 Å². The number of carbonyl (C=O) groups excluding carboxylic acids is 1. The average Bonchev–Trinajstić information content (AvgIpc) is 3.25. The number of hydrogen-bond acceptors (Lipinski definition) is 5. The number of aromatic nitrogens is 3. The van der Waals surface area contributed by atoms with Crippen LogP contribution in [-0.4, -0.2) is 26.5 Å². The lowest BCUT2D eigenvalue weighted by Gasteiger charge is -2.10. The number of thiophene rings is 1. The molecule has 1 fully saturated rings. The van der Waals surface area contributed by atoms with E-state index in [9.17, 15) is 4.79 Å². The van der Waals surface area contributed by atoms with Crippen LogP contribution in [0.2, 0.25) is 0 Å². The average molecular weight is 327 g/mol. The first kappa shape index (κ1) is 14.2. The van der Waals surface area contributed by atoms with Gasteiger partial charge in [0.25, 0.3) is 5.91 Å². The van der Waals surface area contributed by atoms with E-state index in [1.165, 1.54) is 24.2 Å². The van der Waals surface area contributed by atoms with Gasteiger partial charge in [-0.25, -0.2) is 4.52 Å². The molecule has 3 aromatic heterocycles. The van der Waals surface area contributed by atoms with Crippen molar-refractivity contribution in [3.8, 4) is 11.1 Å². The number of anilines is 1. The first-order chi connectivity index (χ1) is 11.2. The number of amides is 1. The lowest BCUT2D eigenvalue weighted by atomic mass is 10.1. The quantitative estimate of drug-likeness (QED) is 0.774. The van der Waals surface area contributed by atoms with Crippen LogP contribution in [-0.2, 0) is 0 Å². The minimum absolute atomic E-state index is 0.0271. The summed E-state index contributed by atoms with van der Waals surface area (Å²) in [5, 5.41) is 9.23. The number of carbonyl (C=O) groups is 1. The van der Waals surface area contributed by atoms with Crippen LogP contribution in [0.4, 0.5) is 5.95 Å². The number of nitrogens with one attached hydrogen (secondary N) is 1. The van der Waals surface area contributed by atoms with Gasteiger partial charge in [-0.3, -0.25) is 4.79 Å². The van der Waals surface area contributed by atoms with Crippen LogP contribution >= 0.6 is 11.3 Å². The van der Waals surface area contributed by atoms with Crippen molar-refractivity contribution in [2.45, 2.75) is 31.7 Å². The molecule has 7 heteroatoms. The summed E-state index contributed by atoms with van der Waals surface area (Å²) in [6.07, 6.45) is 6.48. The van der Waals surface area contributed by atoms with E-state index >= 15 is 0 Å². The second-order valence-electron chi connectivity index (χ2n) is 5.85. The highest BCUT2D eigenvalue weighted by molar-refractivity contribution is 7.12. The Labute approximate surface area is 137 Å². The van der Waals surface area contributed by atoms with Gasteiger partial charge in [-0.1, -0.05) is 12.8 Å². The van der Waals surface area contributed by atoms with Crippen LogP contribution in [0.3, 0.4) is 0 Å². The fourth-order valence-electron chi connectivity index (χ4n) is 3.00. The molecule has 1 aliphatic carbocycles. The molecule has 6 nitrogen and oxygen atoms in total. The highest BCUT2D eigenvalue weighted by Gasteiger charge is 2.19. The largest absolute Gasteiger partial charge is 0.366 e. The number of rotatable bonds is 3. The van der Waals surface area contributed by atoms with Crippen molar-refractivity contribution in [3.63, 3.8) is 0 Å². The Balaban J connectivity index is 1.56. The molecule has 1 saturated carbocycles. The van der Waals surface area contributed by atoms with Crippen LogP contribution in [0, 0.1) is 0 Å². The minimum atomic E-state index is 0.0271. The standard InChI is InChI=1S/C16H17N5OS/c17-16-19-14-6-5-10(8-21(14)20-16)11-7-13(23-9-11)15(22)18-12-3-1-2-4-12/h5-9,12H,1-4H2,(H2,17,20)(H,18,22). The van der Waals surface area contributed by atoms with Gasteiger partial charge >= 0.3 is 0 Å². The predicted molar refractivity (Wildman–Crippen MR) is 90.4 cm³/mol. The summed E-state index contributed by atoms with van der Waals surface area (Å²) in [6, 6.07) is 6.09. The molecule has 1 amide bonds. The van der Waals surface area contributed by atoms with E-state index in [1.54, 1.807) is 4.52 Å². The molecule has 0 saturated heterocycles. The summed E-state index contributed by atoms with van der Waals surface area (Å²) >= 11 is 1.46. The summed E-state index contributed by atoms with van der Waals surface area (Å²) in [5.41, 5.74) is 8.30. The van der Waals surface area contributed by atoms with Gasteiger partial charge in [0.05, 0.1) is 4.88 Å². The maximum absolute atomic E-state index is 12.3. The number of nitrogens with zero attached hydrogens (tertiary/aromatic N) is 3. The Kier molecular flexibility index (Phi) is 3.49. The Morgan fingerprint density at radius 3 is 2.96 bits per heavy atom. The van der Waals surface area contributed by atoms with Crippen molar-refractivity contribution in [3.05, 3.63) is 34.7 Å². The van der Waals surface area contributed by atoms with Gasteiger partial charge in [0.2, 0.25) is 5.95 Å². The molecule has 0 aliphatic heterocycles. The van der Waals surface area contributed by atoms with E-state index in [2.05, 4.69) is 15.4 Å². The third-order valence-electron chi connectivity index (χ3n) is 4.19. The molecule has 0 atom stereocenters. The second-order valence-corrected chi connectivity index (χ2v) is 6.76. The van der Waals surface area contributed by atoms with E-state index in [1.807, 2.05) is 29.8 Å². The molecule has 3 heterocycles. The number of nitrogens with two attached hydrogens (primary N) is 1. The van der Waals surface area contributed by atoms with Crippen LogP contribution in [0.15, 0.2) is 29.8 Å². The molecule has 23 heavy (non-hydrogen) atoms. The van der Waals surface area contributed by atoms with Crippen molar-refractivity contribution >= 4 is 28.8 Å². The summed E-state index contributed by atoms with van der Waals surface area (Å²) in [7, 11) is 0. The second kappa shape index (κ2) is 5.66. The molecule has 3 aromatic rings. The lowest BCUT2D eigenvalue weighted by Crippen LogP contribution is -2.31. The Morgan fingerprint density at radius 1 is 1.30 bits per heavy atom. The number of hydrogen-bond donors (Lipinski definition) is 2. The van der Waals surface area contributed by atoms with Crippen molar-refractivity contribution < 1.29 is 4.79 Å². The SMILES string of the molecule is Nc1nc2ccc(-c3csc(C(=O)NC4CCCC4)c3)cn2n1. The summed E-state index contributed by atoms with van der Waals surface area (Å²) < 4.78 is 1.65. The van der Waals surface area contributed by atoms with Crippen molar-refractivity contribution in [1.29, 1.82) is 0 Å². The number of nitrogen functional groups attached to an aromatic ring is 1. The van der Waals surface area contributed by atoms with Gasteiger partial charge in [-0.15, -0.1) is 16.4 Å². The minimum Gasteiger partial charge on any atom is -0.366 e. The molecule has 0 aromatic carbocycles. The zero-order valence-corrected chi connectivity index (χ0v) is 13.3. The maximum Gasteiger partial charge on any atom is 0.261 e. The first-order valence-corrected chi connectivity index (χ1v) is 8.59. The van der Waals surface area contributed by atoms with Crippen LogP contribution in [0.5, 0.6) is 0 Å². The van der Waals surface area contributed by atoms with Gasteiger partial charge in [-0.05, 0) is 42.0 Å². The molecule has 4 rings (SSSR count). The summed E-state index contributed by atoms with van der Waals surface area (Å²) in [5.74, 6) is 0.281. The van der Waals surface area contributed by atoms with Gasteiger partial charge in [0, 0.05) is 17.8 Å². The summed E-state index contributed by atoms with van der Waals surface area (Å²) in [4.78, 5) is 17.2. The van der Waals surface area contributed by atoms with Gasteiger partial charge in [0.1, 0.15) is 0 Å². The zero-order valence-electron chi connectivity index (χ0n) is 12.5. The smallest absolute Gasteiger partial charge is 0.261 e. The highest BCUT2D eigenvalue weighted by atomic mass is 32.1. The molecular weight excluding hydrogens is 310 g/mol. The molecule has 3 N–H and O–H groups in total. The monoisotopic (exact) mass is 327 g/mol. The summed E-state index contributed by atoms with van der Waals surface area (Å²) in [6.45, 7) is 0. The van der Waals surface area contributed by atoms with Gasteiger partial charge < -0.3 is 11.1 Å². The van der Waals surface area contributed by atoms with E-state index in [-0.39, 0.29) is 11.9 Å². The van der Waals surface area contributed by atoms with E-state index in [0.29, 0.717) is 11.7 Å². The van der Waals surface area contributed by atoms with Crippen molar-refractivity contribution in [1.82, 2.24) is 19.9 Å². The van der Waals surface area contributed by atoms with E-state index < -0.39 is 0 Å². The predicted octanol–water partition coefficient (Wildman–Crippen LogP) is 2.71. The Morgan fingerprint density at radius 2 is 2.13 bits per heavy atom. The molecule has 1 aliphatic rings. The highest BCUT2D eigenvalue weighted by Crippen LogP contribution is 2.26. The fraction of sp³-hybridized carbons (Fsp3) is 0.312. The normalized spacial score (nSPS) is 15.3. The van der Waals surface area contributed by atoms with Gasteiger partial charge in [-0.2, -0.15) is 4.98 Å². The molecular formula is C16H17N5OS. The van der Waals surface area contributed by atoms with Crippen molar-refractivity contribution in [2.75, 3.05) is 5.73 Å². The third-order valence-corrected chi connectivity index (χ3v) is 5.12. The fourth-order valence-corrected chi connectivity index (χ4v) is 3.82. The third kappa shape index (κ3) is 2.79. The molecule has 0 unspecified atom stereocenters. The Bertz CT molecular complexity index is 862. The molecule has 0 spiro atoms. The van der Waals surface area contributed by atoms with Gasteiger partial charge in [0.15, 0.2) is 5.65 Å². The first-order valence-electron chi connectivity index (χ1n) is 7.71. The molecule has 118 valence electrons. The number of pyridine rings is 1.